The first-order valence-electron chi connectivity index (χ1n) is 10.8. The minimum Gasteiger partial charge on any atom is -0.491 e. The largest absolute Gasteiger partial charge is 0.491 e. The molecule has 1 aliphatic rings. The second-order valence-electron chi connectivity index (χ2n) is 7.91. The predicted molar refractivity (Wildman–Crippen MR) is 115 cm³/mol. The Labute approximate surface area is 184 Å². The fourth-order valence-corrected chi connectivity index (χ4v) is 4.04. The maximum atomic E-state index is 14.8. The Morgan fingerprint density at radius 3 is 2.28 bits per heavy atom. The molecule has 1 aliphatic heterocycles. The van der Waals surface area contributed by atoms with Gasteiger partial charge in [0.05, 0.1) is 6.61 Å². The van der Waals surface area contributed by atoms with Gasteiger partial charge < -0.3 is 9.47 Å². The molecule has 0 spiro atoms. The van der Waals surface area contributed by atoms with Gasteiger partial charge in [-0.05, 0) is 61.1 Å². The molecule has 6 heteroatoms. The smallest absolute Gasteiger partial charge is 0.207 e. The highest BCUT2D eigenvalue weighted by Gasteiger charge is 2.28. The Bertz CT molecular complexity index is 1160. The van der Waals surface area contributed by atoms with Gasteiger partial charge in [-0.3, -0.25) is 0 Å². The molecule has 2 nitrogen and oxygen atoms in total. The molecule has 0 fully saturated rings. The van der Waals surface area contributed by atoms with Crippen LogP contribution in [0.1, 0.15) is 48.1 Å². The Hall–Kier alpha value is -3.02. The van der Waals surface area contributed by atoms with E-state index in [1.165, 1.54) is 12.1 Å². The predicted octanol–water partition coefficient (Wildman–Crippen LogP) is 7.08. The van der Waals surface area contributed by atoms with Gasteiger partial charge in [0.1, 0.15) is 5.82 Å². The van der Waals surface area contributed by atoms with Gasteiger partial charge in [-0.1, -0.05) is 31.5 Å². The highest BCUT2D eigenvalue weighted by molar-refractivity contribution is 5.54. The molecule has 1 heterocycles. The Morgan fingerprint density at radius 2 is 1.56 bits per heavy atom. The van der Waals surface area contributed by atoms with Crippen LogP contribution >= 0.6 is 0 Å². The lowest BCUT2D eigenvalue weighted by Crippen LogP contribution is -2.11. The number of benzene rings is 3. The lowest BCUT2D eigenvalue weighted by molar-refractivity contribution is 0.309. The van der Waals surface area contributed by atoms with Crippen molar-refractivity contribution in [3.05, 3.63) is 87.5 Å². The summed E-state index contributed by atoms with van der Waals surface area (Å²) in [5.41, 5.74) is 2.52. The molecule has 0 saturated heterocycles. The molecule has 0 atom stereocenters. The van der Waals surface area contributed by atoms with E-state index >= 15 is 0 Å². The fraction of sp³-hybridized carbons (Fsp3) is 0.308. The first kappa shape index (κ1) is 22.2. The zero-order valence-corrected chi connectivity index (χ0v) is 18.0. The molecular weight excluding hydrogens is 420 g/mol. The van der Waals surface area contributed by atoms with Crippen LogP contribution in [0.2, 0.25) is 0 Å². The number of hydrogen-bond acceptors (Lipinski definition) is 2. The van der Waals surface area contributed by atoms with E-state index < -0.39 is 17.5 Å². The Balaban J connectivity index is 1.58. The van der Waals surface area contributed by atoms with Gasteiger partial charge in [0, 0.05) is 17.5 Å². The van der Waals surface area contributed by atoms with Crippen LogP contribution in [0.4, 0.5) is 17.6 Å². The van der Waals surface area contributed by atoms with Gasteiger partial charge in [-0.25, -0.2) is 8.78 Å². The molecule has 0 unspecified atom stereocenters. The van der Waals surface area contributed by atoms with Crippen molar-refractivity contribution in [2.24, 2.45) is 0 Å². The Kier molecular flexibility index (Phi) is 6.40. The van der Waals surface area contributed by atoms with E-state index in [0.717, 1.165) is 6.42 Å². The summed E-state index contributed by atoms with van der Waals surface area (Å²) in [4.78, 5) is 0. The summed E-state index contributed by atoms with van der Waals surface area (Å²) in [6.45, 7) is 3.97. The maximum Gasteiger partial charge on any atom is 0.207 e. The summed E-state index contributed by atoms with van der Waals surface area (Å²) in [6.07, 6.45) is 2.27. The van der Waals surface area contributed by atoms with Crippen LogP contribution in [-0.4, -0.2) is 6.61 Å². The van der Waals surface area contributed by atoms with E-state index in [-0.39, 0.29) is 48.1 Å². The minimum atomic E-state index is -1.14. The van der Waals surface area contributed by atoms with Gasteiger partial charge in [0.25, 0.3) is 0 Å². The molecule has 3 aromatic carbocycles. The standard InChI is InChI=1S/C26H24F4O2/c1-3-5-16-8-6-15(12-20(16)27)7-9-17-13-19-14-18-10-11-21(31-4-2)23(29)25(18)32-26(19)24(30)22(17)28/h6,8,10-13H,3-5,7,9,14H2,1-2H3. The van der Waals surface area contributed by atoms with Crippen LogP contribution in [0.5, 0.6) is 17.2 Å². The van der Waals surface area contributed by atoms with Crippen molar-refractivity contribution in [1.29, 1.82) is 0 Å². The van der Waals surface area contributed by atoms with Crippen molar-refractivity contribution >= 4 is 0 Å². The van der Waals surface area contributed by atoms with Gasteiger partial charge in [0.15, 0.2) is 23.1 Å². The molecule has 0 saturated carbocycles. The molecule has 0 amide bonds. The lowest BCUT2D eigenvalue weighted by atomic mass is 9.95. The number of rotatable bonds is 7. The summed E-state index contributed by atoms with van der Waals surface area (Å²) in [6, 6.07) is 9.73. The maximum absolute atomic E-state index is 14.8. The lowest BCUT2D eigenvalue weighted by Gasteiger charge is -2.23. The van der Waals surface area contributed by atoms with E-state index in [1.807, 2.05) is 13.0 Å². The first-order valence-corrected chi connectivity index (χ1v) is 10.8. The number of halogens is 4. The van der Waals surface area contributed by atoms with Crippen molar-refractivity contribution < 1.29 is 27.0 Å². The average molecular weight is 444 g/mol. The summed E-state index contributed by atoms with van der Waals surface area (Å²) in [5.74, 6) is -3.62. The summed E-state index contributed by atoms with van der Waals surface area (Å²) in [5, 5.41) is 0. The number of aryl methyl sites for hydroxylation is 3. The van der Waals surface area contributed by atoms with Crippen molar-refractivity contribution in [1.82, 2.24) is 0 Å². The summed E-state index contributed by atoms with van der Waals surface area (Å²) < 4.78 is 69.1. The highest BCUT2D eigenvalue weighted by Crippen LogP contribution is 2.43. The van der Waals surface area contributed by atoms with Crippen molar-refractivity contribution in [3.8, 4) is 17.2 Å². The molecule has 4 rings (SSSR count). The van der Waals surface area contributed by atoms with Crippen molar-refractivity contribution in [3.63, 3.8) is 0 Å². The zero-order valence-electron chi connectivity index (χ0n) is 18.0. The third-order valence-corrected chi connectivity index (χ3v) is 5.66. The molecule has 3 aromatic rings. The van der Waals surface area contributed by atoms with E-state index in [4.69, 9.17) is 9.47 Å². The zero-order chi connectivity index (χ0) is 22.8. The fourth-order valence-electron chi connectivity index (χ4n) is 4.04. The highest BCUT2D eigenvalue weighted by atomic mass is 19.2. The average Bonchev–Trinajstić information content (AvgIpc) is 2.78. The van der Waals surface area contributed by atoms with E-state index in [1.54, 1.807) is 25.1 Å². The van der Waals surface area contributed by atoms with E-state index in [2.05, 4.69) is 0 Å². The number of fused-ring (bicyclic) bond motifs is 2. The SMILES string of the molecule is CCCc1ccc(CCc2cc3c(c(F)c2F)Oc2c(ccc(OCC)c2F)C3)cc1F. The molecule has 0 aromatic heterocycles. The van der Waals surface area contributed by atoms with Gasteiger partial charge >= 0.3 is 0 Å². The van der Waals surface area contributed by atoms with Crippen LogP contribution in [0, 0.1) is 23.3 Å². The van der Waals surface area contributed by atoms with Gasteiger partial charge in [-0.2, -0.15) is 8.78 Å². The normalized spacial score (nSPS) is 12.2. The summed E-state index contributed by atoms with van der Waals surface area (Å²) in [7, 11) is 0. The Morgan fingerprint density at radius 1 is 0.781 bits per heavy atom. The quantitative estimate of drug-likeness (QED) is 0.284. The van der Waals surface area contributed by atoms with Crippen LogP contribution in [0.15, 0.2) is 36.4 Å². The van der Waals surface area contributed by atoms with Gasteiger partial charge in [0.2, 0.25) is 11.6 Å². The van der Waals surface area contributed by atoms with Crippen LogP contribution in [-0.2, 0) is 25.7 Å². The third kappa shape index (κ3) is 4.18. The molecule has 168 valence electrons. The van der Waals surface area contributed by atoms with Crippen molar-refractivity contribution in [2.45, 2.75) is 46.0 Å². The number of ether oxygens (including phenoxy) is 2. The monoisotopic (exact) mass is 444 g/mol. The van der Waals surface area contributed by atoms with Crippen LogP contribution < -0.4 is 9.47 Å². The second-order valence-corrected chi connectivity index (χ2v) is 7.91. The third-order valence-electron chi connectivity index (χ3n) is 5.66. The minimum absolute atomic E-state index is 0.00406. The van der Waals surface area contributed by atoms with Crippen molar-refractivity contribution in [2.75, 3.05) is 6.61 Å². The molecular formula is C26H24F4O2. The van der Waals surface area contributed by atoms with Crippen LogP contribution in [0.3, 0.4) is 0 Å². The second kappa shape index (κ2) is 9.23. The van der Waals surface area contributed by atoms with Crippen LogP contribution in [0.25, 0.3) is 0 Å². The molecule has 0 N–H and O–H groups in total. The molecule has 32 heavy (non-hydrogen) atoms. The first-order chi connectivity index (χ1) is 15.4. The molecule has 0 bridgehead atoms. The topological polar surface area (TPSA) is 18.5 Å². The molecule has 0 aliphatic carbocycles. The molecule has 0 radical (unpaired) electrons. The summed E-state index contributed by atoms with van der Waals surface area (Å²) >= 11 is 0. The number of hydrogen-bond donors (Lipinski definition) is 0. The van der Waals surface area contributed by atoms with Gasteiger partial charge in [-0.15, -0.1) is 0 Å². The van der Waals surface area contributed by atoms with E-state index in [0.29, 0.717) is 35.1 Å². The van der Waals surface area contributed by atoms with E-state index in [9.17, 15) is 17.6 Å².